The lowest BCUT2D eigenvalue weighted by atomic mass is 9.95. The van der Waals surface area contributed by atoms with E-state index in [1.807, 2.05) is 12.1 Å². The van der Waals surface area contributed by atoms with Crippen molar-refractivity contribution in [2.24, 2.45) is 5.92 Å². The number of likely N-dealkylation sites (N-methyl/N-ethyl adjacent to an activating group) is 1. The molecule has 0 spiro atoms. The molecule has 0 saturated carbocycles. The van der Waals surface area contributed by atoms with Crippen LogP contribution >= 0.6 is 11.6 Å². The van der Waals surface area contributed by atoms with Crippen molar-refractivity contribution in [2.45, 2.75) is 19.4 Å². The smallest absolute Gasteiger partial charge is 0.257 e. The van der Waals surface area contributed by atoms with Crippen molar-refractivity contribution >= 4 is 29.2 Å². The largest absolute Gasteiger partial charge is 0.496 e. The van der Waals surface area contributed by atoms with Crippen LogP contribution in [0.4, 0.5) is 5.82 Å². The van der Waals surface area contributed by atoms with Gasteiger partial charge >= 0.3 is 0 Å². The van der Waals surface area contributed by atoms with E-state index in [2.05, 4.69) is 27.1 Å². The van der Waals surface area contributed by atoms with E-state index in [9.17, 15) is 9.59 Å². The first-order chi connectivity index (χ1) is 16.5. The molecule has 0 atom stereocenters. The van der Waals surface area contributed by atoms with Gasteiger partial charge in [-0.25, -0.2) is 4.98 Å². The van der Waals surface area contributed by atoms with Gasteiger partial charge in [0, 0.05) is 68.5 Å². The highest BCUT2D eigenvalue weighted by atomic mass is 35.5. The van der Waals surface area contributed by atoms with Crippen LogP contribution in [0.1, 0.15) is 28.8 Å². The first-order valence-corrected chi connectivity index (χ1v) is 12.1. The molecule has 4 rings (SSSR count). The minimum atomic E-state index is -0.120. The Bertz CT molecular complexity index is 1020. The Kier molecular flexibility index (Phi) is 7.90. The highest BCUT2D eigenvalue weighted by molar-refractivity contribution is 6.31. The predicted octanol–water partition coefficient (Wildman–Crippen LogP) is 2.66. The van der Waals surface area contributed by atoms with Crippen molar-refractivity contribution in [3.8, 4) is 5.75 Å². The molecule has 2 aliphatic heterocycles. The van der Waals surface area contributed by atoms with Crippen molar-refractivity contribution in [3.63, 3.8) is 0 Å². The number of methoxy groups -OCH3 is 1. The van der Waals surface area contributed by atoms with Crippen molar-refractivity contribution < 1.29 is 14.3 Å². The van der Waals surface area contributed by atoms with E-state index in [1.165, 1.54) is 7.11 Å². The number of carbonyl (C=O) groups is 2. The number of hydrogen-bond donors (Lipinski definition) is 1. The summed E-state index contributed by atoms with van der Waals surface area (Å²) in [5.74, 6) is 1.24. The van der Waals surface area contributed by atoms with Gasteiger partial charge in [-0.1, -0.05) is 17.7 Å². The summed E-state index contributed by atoms with van der Waals surface area (Å²) in [4.78, 5) is 36.9. The van der Waals surface area contributed by atoms with Gasteiger partial charge in [0.2, 0.25) is 5.91 Å². The number of ether oxygens (including phenoxy) is 1. The predicted molar refractivity (Wildman–Crippen MR) is 132 cm³/mol. The van der Waals surface area contributed by atoms with Gasteiger partial charge in [-0.2, -0.15) is 0 Å². The number of nitrogens with one attached hydrogen (secondary N) is 1. The molecule has 9 heteroatoms. The van der Waals surface area contributed by atoms with Gasteiger partial charge < -0.3 is 24.8 Å². The van der Waals surface area contributed by atoms with Crippen LogP contribution in [0.15, 0.2) is 36.5 Å². The van der Waals surface area contributed by atoms with E-state index in [1.54, 1.807) is 29.3 Å². The molecule has 2 saturated heterocycles. The maximum atomic E-state index is 13.0. The molecular weight excluding hydrogens is 454 g/mol. The first kappa shape index (κ1) is 24.3. The molecule has 182 valence electrons. The van der Waals surface area contributed by atoms with Crippen LogP contribution in [-0.2, 0) is 11.3 Å². The molecule has 1 aromatic heterocycles. The average molecular weight is 486 g/mol. The Morgan fingerprint density at radius 2 is 1.85 bits per heavy atom. The number of aromatic nitrogens is 1. The molecule has 0 unspecified atom stereocenters. The number of piperidine rings is 1. The minimum absolute atomic E-state index is 0.0283. The van der Waals surface area contributed by atoms with Gasteiger partial charge in [-0.05, 0) is 44.2 Å². The molecule has 2 amide bonds. The summed E-state index contributed by atoms with van der Waals surface area (Å²) in [5.41, 5.74) is 1.48. The van der Waals surface area contributed by atoms with Gasteiger partial charge in [-0.3, -0.25) is 9.59 Å². The number of benzene rings is 1. The molecule has 0 bridgehead atoms. The summed E-state index contributed by atoms with van der Waals surface area (Å²) >= 11 is 6.09. The number of pyridine rings is 1. The van der Waals surface area contributed by atoms with Gasteiger partial charge in [0.05, 0.1) is 12.7 Å². The zero-order valence-electron chi connectivity index (χ0n) is 19.8. The maximum Gasteiger partial charge on any atom is 0.257 e. The van der Waals surface area contributed by atoms with Crippen molar-refractivity contribution in [2.75, 3.05) is 58.3 Å². The van der Waals surface area contributed by atoms with Crippen LogP contribution in [0.3, 0.4) is 0 Å². The number of anilines is 1. The topological polar surface area (TPSA) is 78.0 Å². The van der Waals surface area contributed by atoms with Crippen LogP contribution in [0.25, 0.3) is 0 Å². The normalized spacial score (nSPS) is 17.5. The monoisotopic (exact) mass is 485 g/mol. The second kappa shape index (κ2) is 11.1. The number of carbonyl (C=O) groups excluding carboxylic acids is 2. The minimum Gasteiger partial charge on any atom is -0.496 e. The van der Waals surface area contributed by atoms with E-state index in [0.29, 0.717) is 48.8 Å². The molecule has 2 aliphatic rings. The molecule has 34 heavy (non-hydrogen) atoms. The van der Waals surface area contributed by atoms with Crippen molar-refractivity contribution in [1.82, 2.24) is 20.1 Å². The number of halogens is 1. The molecule has 0 radical (unpaired) electrons. The summed E-state index contributed by atoms with van der Waals surface area (Å²) in [6.07, 6.45) is 3.05. The van der Waals surface area contributed by atoms with Crippen molar-refractivity contribution in [3.05, 3.63) is 52.7 Å². The molecule has 8 nitrogen and oxygen atoms in total. The summed E-state index contributed by atoms with van der Waals surface area (Å²) in [5, 5.41) is 3.59. The molecule has 1 aromatic carbocycles. The average Bonchev–Trinajstić information content (AvgIpc) is 2.87. The number of rotatable bonds is 6. The van der Waals surface area contributed by atoms with E-state index in [4.69, 9.17) is 16.3 Å². The lowest BCUT2D eigenvalue weighted by Gasteiger charge is -2.34. The lowest BCUT2D eigenvalue weighted by Crippen LogP contribution is -2.45. The molecule has 2 aromatic rings. The second-order valence-electron chi connectivity index (χ2n) is 8.91. The Hall–Kier alpha value is -2.84. The summed E-state index contributed by atoms with van der Waals surface area (Å²) in [6, 6.07) is 8.97. The number of likely N-dealkylation sites (tertiary alicyclic amines) is 1. The number of amides is 2. The van der Waals surface area contributed by atoms with Crippen LogP contribution in [-0.4, -0.2) is 80.0 Å². The van der Waals surface area contributed by atoms with E-state index < -0.39 is 0 Å². The fourth-order valence-corrected chi connectivity index (χ4v) is 4.73. The Morgan fingerprint density at radius 3 is 2.56 bits per heavy atom. The highest BCUT2D eigenvalue weighted by Gasteiger charge is 2.29. The van der Waals surface area contributed by atoms with E-state index >= 15 is 0 Å². The quantitative estimate of drug-likeness (QED) is 0.677. The van der Waals surface area contributed by atoms with Gasteiger partial charge in [0.25, 0.3) is 5.91 Å². The fourth-order valence-electron chi connectivity index (χ4n) is 4.56. The summed E-state index contributed by atoms with van der Waals surface area (Å²) in [6.45, 7) is 5.35. The van der Waals surface area contributed by atoms with Gasteiger partial charge in [0.15, 0.2) is 0 Å². The fraction of sp³-hybridized carbons (Fsp3) is 0.480. The van der Waals surface area contributed by atoms with Crippen LogP contribution in [0.2, 0.25) is 5.02 Å². The van der Waals surface area contributed by atoms with Gasteiger partial charge in [-0.15, -0.1) is 0 Å². The molecule has 1 N–H and O–H groups in total. The third-order valence-corrected chi connectivity index (χ3v) is 6.90. The second-order valence-corrected chi connectivity index (χ2v) is 9.34. The standard InChI is InChI=1S/C25H32ClN5O3/c1-29-12-14-30(15-13-29)23-19(4-3-9-27-23)17-28-24(32)18-7-10-31(11-8-18)25(33)21-16-20(26)5-6-22(21)34-2/h3-6,9,16,18H,7-8,10-15,17H2,1-2H3,(H,28,32). The highest BCUT2D eigenvalue weighted by Crippen LogP contribution is 2.27. The number of piperazine rings is 1. The molecular formula is C25H32ClN5O3. The first-order valence-electron chi connectivity index (χ1n) is 11.7. The lowest BCUT2D eigenvalue weighted by molar-refractivity contribution is -0.126. The third-order valence-electron chi connectivity index (χ3n) is 6.67. The number of hydrogen-bond acceptors (Lipinski definition) is 6. The Labute approximate surface area is 205 Å². The Morgan fingerprint density at radius 1 is 1.12 bits per heavy atom. The van der Waals surface area contributed by atoms with Gasteiger partial charge in [0.1, 0.15) is 11.6 Å². The summed E-state index contributed by atoms with van der Waals surface area (Å²) in [7, 11) is 3.66. The Balaban J connectivity index is 1.31. The van der Waals surface area contributed by atoms with Crippen LogP contribution in [0, 0.1) is 5.92 Å². The zero-order valence-corrected chi connectivity index (χ0v) is 20.6. The van der Waals surface area contributed by atoms with Crippen LogP contribution < -0.4 is 15.0 Å². The SMILES string of the molecule is COc1ccc(Cl)cc1C(=O)N1CCC(C(=O)NCc2cccnc2N2CCN(C)CC2)CC1. The summed E-state index contributed by atoms with van der Waals surface area (Å²) < 4.78 is 5.32. The van der Waals surface area contributed by atoms with E-state index in [0.717, 1.165) is 37.6 Å². The van der Waals surface area contributed by atoms with Crippen molar-refractivity contribution in [1.29, 1.82) is 0 Å². The molecule has 2 fully saturated rings. The number of nitrogens with zero attached hydrogens (tertiary/aromatic N) is 4. The molecule has 3 heterocycles. The maximum absolute atomic E-state index is 13.0. The molecule has 0 aliphatic carbocycles. The third kappa shape index (κ3) is 5.62. The van der Waals surface area contributed by atoms with Crippen LogP contribution in [0.5, 0.6) is 5.75 Å². The van der Waals surface area contributed by atoms with E-state index in [-0.39, 0.29) is 17.7 Å². The zero-order chi connectivity index (χ0) is 24.1.